The zero-order valence-electron chi connectivity index (χ0n) is 15.9. The maximum atomic E-state index is 11.5. The van der Waals surface area contributed by atoms with Crippen molar-refractivity contribution < 1.29 is 14.6 Å². The molecule has 0 amide bonds. The molecule has 0 aromatic heterocycles. The van der Waals surface area contributed by atoms with Gasteiger partial charge in [-0.1, -0.05) is 36.4 Å². The lowest BCUT2D eigenvalue weighted by molar-refractivity contribution is -0.143. The number of aryl methyl sites for hydroxylation is 1. The predicted molar refractivity (Wildman–Crippen MR) is 115 cm³/mol. The summed E-state index contributed by atoms with van der Waals surface area (Å²) in [5.41, 5.74) is 6.98. The van der Waals surface area contributed by atoms with Crippen LogP contribution in [0.25, 0.3) is 21.5 Å². The fourth-order valence-corrected chi connectivity index (χ4v) is 4.16. The van der Waals surface area contributed by atoms with Gasteiger partial charge in [0.1, 0.15) is 17.0 Å². The standard InChI is InChI=1S/C25H21NO3/c26-25(24(27)28)10-9-16-5-7-23(14-21(16)15-25)29-22-8-6-19-11-17-3-1-2-4-18(17)12-20(19)13-22/h1-8,11-14H,9-10,15,26H2,(H,27,28). The van der Waals surface area contributed by atoms with Crippen molar-refractivity contribution in [2.45, 2.75) is 24.8 Å². The lowest BCUT2D eigenvalue weighted by Crippen LogP contribution is -2.52. The molecular formula is C25H21NO3. The molecule has 0 aliphatic heterocycles. The lowest BCUT2D eigenvalue weighted by atomic mass is 9.78. The second-order valence-corrected chi connectivity index (χ2v) is 7.88. The van der Waals surface area contributed by atoms with Gasteiger partial charge < -0.3 is 15.6 Å². The zero-order valence-corrected chi connectivity index (χ0v) is 15.9. The minimum absolute atomic E-state index is 0.318. The third kappa shape index (κ3) is 3.22. The Labute approximate surface area is 168 Å². The van der Waals surface area contributed by atoms with Crippen LogP contribution in [-0.2, 0) is 17.6 Å². The first-order valence-electron chi connectivity index (χ1n) is 9.75. The van der Waals surface area contributed by atoms with Gasteiger partial charge in [-0.3, -0.25) is 4.79 Å². The zero-order chi connectivity index (χ0) is 20.0. The molecule has 4 aromatic rings. The van der Waals surface area contributed by atoms with Crippen LogP contribution in [0.15, 0.2) is 72.8 Å². The number of ether oxygens (including phenoxy) is 1. The fraction of sp³-hybridized carbons (Fsp3) is 0.160. The van der Waals surface area contributed by atoms with E-state index >= 15 is 0 Å². The maximum Gasteiger partial charge on any atom is 0.324 e. The third-order valence-corrected chi connectivity index (χ3v) is 5.86. The number of nitrogens with two attached hydrogens (primary N) is 1. The highest BCUT2D eigenvalue weighted by molar-refractivity contribution is 5.98. The lowest BCUT2D eigenvalue weighted by Gasteiger charge is -2.31. The van der Waals surface area contributed by atoms with E-state index in [1.165, 1.54) is 10.8 Å². The molecule has 0 saturated heterocycles. The number of hydrogen-bond acceptors (Lipinski definition) is 3. The molecule has 0 radical (unpaired) electrons. The van der Waals surface area contributed by atoms with Crippen molar-refractivity contribution in [1.29, 1.82) is 0 Å². The van der Waals surface area contributed by atoms with Crippen LogP contribution in [-0.4, -0.2) is 16.6 Å². The number of carbonyl (C=O) groups is 1. The number of carboxylic acid groups (broad SMARTS) is 1. The Morgan fingerprint density at radius 3 is 2.24 bits per heavy atom. The number of hydrogen-bond donors (Lipinski definition) is 2. The summed E-state index contributed by atoms with van der Waals surface area (Å²) >= 11 is 0. The first kappa shape index (κ1) is 17.7. The van der Waals surface area contributed by atoms with E-state index < -0.39 is 11.5 Å². The Morgan fingerprint density at radius 2 is 1.48 bits per heavy atom. The average molecular weight is 383 g/mol. The maximum absolute atomic E-state index is 11.5. The number of carboxylic acids is 1. The first-order valence-corrected chi connectivity index (χ1v) is 9.75. The second kappa shape index (κ2) is 6.61. The summed E-state index contributed by atoms with van der Waals surface area (Å²) in [6.45, 7) is 0. The van der Waals surface area contributed by atoms with Crippen molar-refractivity contribution in [3.63, 3.8) is 0 Å². The van der Waals surface area contributed by atoms with Crippen LogP contribution in [0.2, 0.25) is 0 Å². The Bertz CT molecular complexity index is 1260. The largest absolute Gasteiger partial charge is 0.480 e. The Balaban J connectivity index is 1.46. The van der Waals surface area contributed by atoms with Gasteiger partial charge in [0.15, 0.2) is 0 Å². The van der Waals surface area contributed by atoms with Gasteiger partial charge >= 0.3 is 5.97 Å². The Morgan fingerprint density at radius 1 is 0.828 bits per heavy atom. The Kier molecular flexibility index (Phi) is 4.03. The average Bonchev–Trinajstić information content (AvgIpc) is 2.72. The number of aliphatic carboxylic acids is 1. The van der Waals surface area contributed by atoms with E-state index in [9.17, 15) is 9.90 Å². The van der Waals surface area contributed by atoms with Crippen molar-refractivity contribution in [3.8, 4) is 11.5 Å². The third-order valence-electron chi connectivity index (χ3n) is 5.86. The first-order chi connectivity index (χ1) is 14.0. The van der Waals surface area contributed by atoms with E-state index in [0.29, 0.717) is 25.0 Å². The highest BCUT2D eigenvalue weighted by atomic mass is 16.5. The van der Waals surface area contributed by atoms with E-state index in [1.54, 1.807) is 0 Å². The molecule has 0 spiro atoms. The molecule has 0 fully saturated rings. The smallest absolute Gasteiger partial charge is 0.324 e. The summed E-state index contributed by atoms with van der Waals surface area (Å²) in [7, 11) is 0. The van der Waals surface area contributed by atoms with E-state index in [4.69, 9.17) is 10.5 Å². The molecule has 0 bridgehead atoms. The van der Waals surface area contributed by atoms with Crippen LogP contribution in [0, 0.1) is 0 Å². The van der Waals surface area contributed by atoms with Crippen LogP contribution >= 0.6 is 0 Å². The summed E-state index contributed by atoms with van der Waals surface area (Å²) < 4.78 is 6.11. The summed E-state index contributed by atoms with van der Waals surface area (Å²) in [6.07, 6.45) is 1.44. The minimum atomic E-state index is -1.20. The molecule has 4 heteroatoms. The van der Waals surface area contributed by atoms with Crippen LogP contribution in [0.5, 0.6) is 11.5 Å². The van der Waals surface area contributed by atoms with Crippen molar-refractivity contribution in [3.05, 3.63) is 83.9 Å². The fourth-order valence-electron chi connectivity index (χ4n) is 4.16. The molecule has 3 N–H and O–H groups in total. The van der Waals surface area contributed by atoms with Crippen LogP contribution in [0.3, 0.4) is 0 Å². The minimum Gasteiger partial charge on any atom is -0.480 e. The van der Waals surface area contributed by atoms with Crippen LogP contribution in [0.4, 0.5) is 0 Å². The van der Waals surface area contributed by atoms with Crippen LogP contribution < -0.4 is 10.5 Å². The quantitative estimate of drug-likeness (QED) is 0.485. The van der Waals surface area contributed by atoms with E-state index in [2.05, 4.69) is 30.3 Å². The van der Waals surface area contributed by atoms with E-state index in [0.717, 1.165) is 27.6 Å². The van der Waals surface area contributed by atoms with Gasteiger partial charge in [-0.15, -0.1) is 0 Å². The molecule has 1 atom stereocenters. The molecule has 4 nitrogen and oxygen atoms in total. The molecule has 1 aliphatic carbocycles. The van der Waals surface area contributed by atoms with Gasteiger partial charge in [-0.25, -0.2) is 0 Å². The van der Waals surface area contributed by atoms with Crippen molar-refractivity contribution in [2.75, 3.05) is 0 Å². The Hall–Kier alpha value is -3.37. The second-order valence-electron chi connectivity index (χ2n) is 7.88. The molecule has 144 valence electrons. The van der Waals surface area contributed by atoms with Gasteiger partial charge in [0.2, 0.25) is 0 Å². The summed E-state index contributed by atoms with van der Waals surface area (Å²) in [5, 5.41) is 14.1. The summed E-state index contributed by atoms with van der Waals surface area (Å²) in [5.74, 6) is 0.496. The molecule has 1 unspecified atom stereocenters. The monoisotopic (exact) mass is 383 g/mol. The molecule has 0 heterocycles. The van der Waals surface area contributed by atoms with Gasteiger partial charge in [0.05, 0.1) is 0 Å². The summed E-state index contributed by atoms with van der Waals surface area (Å²) in [6, 6.07) is 24.6. The highest BCUT2D eigenvalue weighted by Crippen LogP contribution is 2.33. The molecule has 1 aliphatic rings. The summed E-state index contributed by atoms with van der Waals surface area (Å²) in [4.78, 5) is 11.5. The highest BCUT2D eigenvalue weighted by Gasteiger charge is 2.37. The number of fused-ring (bicyclic) bond motifs is 3. The van der Waals surface area contributed by atoms with Crippen molar-refractivity contribution in [1.82, 2.24) is 0 Å². The normalized spacial score (nSPS) is 18.5. The van der Waals surface area contributed by atoms with Crippen LogP contribution in [0.1, 0.15) is 17.5 Å². The topological polar surface area (TPSA) is 72.6 Å². The molecular weight excluding hydrogens is 362 g/mol. The molecule has 4 aromatic carbocycles. The SMILES string of the molecule is NC1(C(=O)O)CCc2ccc(Oc3ccc4cc5ccccc5cc4c3)cc2C1. The van der Waals surface area contributed by atoms with Crippen molar-refractivity contribution >= 4 is 27.5 Å². The van der Waals surface area contributed by atoms with E-state index in [1.807, 2.05) is 42.5 Å². The van der Waals surface area contributed by atoms with E-state index in [-0.39, 0.29) is 0 Å². The predicted octanol–water partition coefficient (Wildman–Crippen LogP) is 5.06. The van der Waals surface area contributed by atoms with Gasteiger partial charge in [0.25, 0.3) is 0 Å². The molecule has 5 rings (SSSR count). The number of rotatable bonds is 3. The molecule has 29 heavy (non-hydrogen) atoms. The number of benzene rings is 4. The van der Waals surface area contributed by atoms with Gasteiger partial charge in [0, 0.05) is 6.42 Å². The van der Waals surface area contributed by atoms with Gasteiger partial charge in [-0.2, -0.15) is 0 Å². The molecule has 0 saturated carbocycles. The van der Waals surface area contributed by atoms with Crippen molar-refractivity contribution in [2.24, 2.45) is 5.73 Å². The van der Waals surface area contributed by atoms with Gasteiger partial charge in [-0.05, 0) is 81.9 Å².